The van der Waals surface area contributed by atoms with Crippen LogP contribution in [0.25, 0.3) is 10.9 Å². The smallest absolute Gasteiger partial charge is 0.420 e. The van der Waals surface area contributed by atoms with Crippen LogP contribution in [0.5, 0.6) is 0 Å². The molecule has 0 aliphatic carbocycles. The number of nitrogens with one attached hydrogen (secondary N) is 2. The fraction of sp³-hybridized carbons (Fsp3) is 0.458. The number of sulfonamides is 2. The molecule has 41 heavy (non-hydrogen) atoms. The fourth-order valence-electron chi connectivity index (χ4n) is 4.93. The van der Waals surface area contributed by atoms with Gasteiger partial charge in [-0.25, -0.2) is 31.3 Å². The van der Waals surface area contributed by atoms with Crippen LogP contribution in [0.2, 0.25) is 5.02 Å². The minimum absolute atomic E-state index is 0.0406. The van der Waals surface area contributed by atoms with Gasteiger partial charge in [0.15, 0.2) is 5.01 Å². The SMILES string of the molecule is CCOC(=O)NS(=O)(=O)CC1CN(S(=O)(=O)c2cc3cc(Cl)ccc3[nH]2)CCN1C(=O)c1nc2c(s1)CN(C)CC2. The second-order valence-electron chi connectivity index (χ2n) is 9.86. The summed E-state index contributed by atoms with van der Waals surface area (Å²) in [5, 5.41) is 1.18. The lowest BCUT2D eigenvalue weighted by Crippen LogP contribution is -2.59. The Morgan fingerprint density at radius 2 is 1.98 bits per heavy atom. The second kappa shape index (κ2) is 11.5. The Kier molecular flexibility index (Phi) is 8.33. The summed E-state index contributed by atoms with van der Waals surface area (Å²) in [6.45, 7) is 2.49. The van der Waals surface area contributed by atoms with Gasteiger partial charge in [-0.1, -0.05) is 11.6 Å². The zero-order valence-electron chi connectivity index (χ0n) is 22.3. The van der Waals surface area contributed by atoms with Crippen molar-refractivity contribution in [1.82, 2.24) is 28.8 Å². The van der Waals surface area contributed by atoms with Gasteiger partial charge in [-0.15, -0.1) is 11.3 Å². The van der Waals surface area contributed by atoms with Crippen LogP contribution in [-0.4, -0.2) is 105 Å². The number of nitrogens with zero attached hydrogens (tertiary/aromatic N) is 4. The van der Waals surface area contributed by atoms with Gasteiger partial charge >= 0.3 is 6.09 Å². The highest BCUT2D eigenvalue weighted by atomic mass is 35.5. The van der Waals surface area contributed by atoms with Crippen LogP contribution < -0.4 is 4.72 Å². The predicted molar refractivity (Wildman–Crippen MR) is 153 cm³/mol. The van der Waals surface area contributed by atoms with Gasteiger partial charge < -0.3 is 19.5 Å². The molecule has 2 amide bonds. The van der Waals surface area contributed by atoms with E-state index in [0.717, 1.165) is 21.4 Å². The number of hydrogen-bond acceptors (Lipinski definition) is 10. The van der Waals surface area contributed by atoms with Crippen molar-refractivity contribution in [3.05, 3.63) is 44.9 Å². The molecule has 13 nitrogen and oxygen atoms in total. The van der Waals surface area contributed by atoms with Crippen LogP contribution in [0.15, 0.2) is 29.3 Å². The van der Waals surface area contributed by atoms with E-state index in [2.05, 4.69) is 14.9 Å². The van der Waals surface area contributed by atoms with Crippen LogP contribution in [0.3, 0.4) is 0 Å². The molecule has 2 aromatic heterocycles. The van der Waals surface area contributed by atoms with Crippen molar-refractivity contribution in [2.45, 2.75) is 31.0 Å². The molecule has 2 aliphatic rings. The summed E-state index contributed by atoms with van der Waals surface area (Å²) in [6, 6.07) is 5.27. The standard InChI is InChI=1S/C24H29ClN6O7S3/c1-3-38-24(33)28-40(34,35)14-17-12-30(41(36,37)21-11-15-10-16(25)4-5-18(15)26-21)8-9-31(17)23(32)22-27-19-6-7-29(2)13-20(19)39-22/h4-5,10-11,17,26H,3,6-9,12-14H2,1-2H3,(H,28,33). The summed E-state index contributed by atoms with van der Waals surface area (Å²) in [5.74, 6) is -1.21. The number of likely N-dealkylation sites (N-methyl/N-ethyl adjacent to an activating group) is 1. The molecule has 1 saturated heterocycles. The van der Waals surface area contributed by atoms with Gasteiger partial charge in [0.25, 0.3) is 15.9 Å². The lowest BCUT2D eigenvalue weighted by atomic mass is 10.2. The largest absolute Gasteiger partial charge is 0.449 e. The van der Waals surface area contributed by atoms with Crippen LogP contribution in [0.4, 0.5) is 4.79 Å². The molecule has 0 radical (unpaired) electrons. The normalized spacial score (nSPS) is 18.8. The lowest BCUT2D eigenvalue weighted by Gasteiger charge is -2.40. The van der Waals surface area contributed by atoms with Gasteiger partial charge in [0.2, 0.25) is 10.0 Å². The average Bonchev–Trinajstić information content (AvgIpc) is 3.52. The Hall–Kier alpha value is -2.76. The molecular formula is C24H29ClN6O7S3. The van der Waals surface area contributed by atoms with Crippen LogP contribution >= 0.6 is 22.9 Å². The lowest BCUT2D eigenvalue weighted by molar-refractivity contribution is 0.0594. The Morgan fingerprint density at radius 1 is 1.20 bits per heavy atom. The number of rotatable bonds is 7. The van der Waals surface area contributed by atoms with Crippen molar-refractivity contribution >= 4 is 65.9 Å². The van der Waals surface area contributed by atoms with Crippen molar-refractivity contribution in [3.8, 4) is 0 Å². The van der Waals surface area contributed by atoms with Gasteiger partial charge in [-0.3, -0.25) is 4.79 Å². The molecule has 3 aromatic rings. The summed E-state index contributed by atoms with van der Waals surface area (Å²) in [7, 11) is -6.44. The number of carbonyl (C=O) groups is 2. The molecule has 17 heteroatoms. The monoisotopic (exact) mass is 644 g/mol. The highest BCUT2D eigenvalue weighted by molar-refractivity contribution is 7.90. The molecule has 2 aliphatic heterocycles. The van der Waals surface area contributed by atoms with Crippen molar-refractivity contribution in [2.24, 2.45) is 0 Å². The topological polar surface area (TPSA) is 162 Å². The van der Waals surface area contributed by atoms with Gasteiger partial charge in [0.05, 0.1) is 24.1 Å². The quantitative estimate of drug-likeness (QED) is 0.391. The first-order valence-electron chi connectivity index (χ1n) is 12.8. The number of fused-ring (bicyclic) bond motifs is 2. The van der Waals surface area contributed by atoms with Gasteiger partial charge in [0, 0.05) is 59.9 Å². The van der Waals surface area contributed by atoms with E-state index in [1.165, 1.54) is 29.2 Å². The first-order valence-corrected chi connectivity index (χ1v) is 17.1. The Labute approximate surface area is 246 Å². The molecule has 1 unspecified atom stereocenters. The highest BCUT2D eigenvalue weighted by Crippen LogP contribution is 2.29. The maximum atomic E-state index is 13.7. The first kappa shape index (κ1) is 29.7. The minimum Gasteiger partial charge on any atom is -0.449 e. The fourth-order valence-corrected chi connectivity index (χ4v) is 8.93. The molecule has 4 heterocycles. The van der Waals surface area contributed by atoms with Gasteiger partial charge in [0.1, 0.15) is 5.03 Å². The molecule has 222 valence electrons. The molecule has 0 saturated carbocycles. The molecule has 0 bridgehead atoms. The maximum Gasteiger partial charge on any atom is 0.420 e. The summed E-state index contributed by atoms with van der Waals surface area (Å²) in [5.41, 5.74) is 1.41. The number of hydrogen-bond donors (Lipinski definition) is 2. The number of amides is 2. The number of aromatic nitrogens is 2. The molecule has 2 N–H and O–H groups in total. The highest BCUT2D eigenvalue weighted by Gasteiger charge is 2.40. The number of ether oxygens (including phenoxy) is 1. The number of carbonyl (C=O) groups excluding carboxylic acids is 2. The summed E-state index contributed by atoms with van der Waals surface area (Å²) < 4.78 is 60.7. The summed E-state index contributed by atoms with van der Waals surface area (Å²) in [6.07, 6.45) is -0.461. The minimum atomic E-state index is -4.31. The Balaban J connectivity index is 1.43. The van der Waals surface area contributed by atoms with Gasteiger partial charge in [-0.2, -0.15) is 4.31 Å². The van der Waals surface area contributed by atoms with Crippen molar-refractivity contribution in [2.75, 3.05) is 45.6 Å². The van der Waals surface area contributed by atoms with E-state index in [1.54, 1.807) is 18.2 Å². The van der Waals surface area contributed by atoms with Crippen LogP contribution in [0.1, 0.15) is 27.3 Å². The number of thiazole rings is 1. The third-order valence-electron chi connectivity index (χ3n) is 6.91. The van der Waals surface area contributed by atoms with Crippen molar-refractivity contribution in [1.29, 1.82) is 0 Å². The zero-order valence-corrected chi connectivity index (χ0v) is 25.5. The molecular weight excluding hydrogens is 616 g/mol. The Morgan fingerprint density at radius 3 is 2.73 bits per heavy atom. The third-order valence-corrected chi connectivity index (χ3v) is 11.3. The molecule has 0 spiro atoms. The predicted octanol–water partition coefficient (Wildman–Crippen LogP) is 1.86. The maximum absolute atomic E-state index is 13.7. The average molecular weight is 645 g/mol. The molecule has 5 rings (SSSR count). The number of aromatic amines is 1. The van der Waals surface area contributed by atoms with E-state index in [-0.39, 0.29) is 36.3 Å². The van der Waals surface area contributed by atoms with E-state index < -0.39 is 43.8 Å². The van der Waals surface area contributed by atoms with Gasteiger partial charge in [-0.05, 0) is 38.2 Å². The number of halogens is 1. The number of piperazine rings is 1. The van der Waals surface area contributed by atoms with E-state index in [9.17, 15) is 26.4 Å². The van der Waals surface area contributed by atoms with E-state index in [4.69, 9.17) is 16.3 Å². The summed E-state index contributed by atoms with van der Waals surface area (Å²) in [4.78, 5) is 37.4. The summed E-state index contributed by atoms with van der Waals surface area (Å²) >= 11 is 7.30. The van der Waals surface area contributed by atoms with Crippen molar-refractivity contribution < 1.29 is 31.2 Å². The van der Waals surface area contributed by atoms with Crippen molar-refractivity contribution in [3.63, 3.8) is 0 Å². The van der Waals surface area contributed by atoms with Crippen LogP contribution in [0, 0.1) is 0 Å². The first-order chi connectivity index (χ1) is 19.4. The molecule has 1 aromatic carbocycles. The van der Waals surface area contributed by atoms with E-state index >= 15 is 0 Å². The molecule has 1 atom stereocenters. The second-order valence-corrected chi connectivity index (χ2v) is 15.1. The number of benzene rings is 1. The van der Waals surface area contributed by atoms with E-state index in [1.807, 2.05) is 11.8 Å². The van der Waals surface area contributed by atoms with E-state index in [0.29, 0.717) is 28.9 Å². The Bertz CT molecular complexity index is 1710. The molecule has 1 fully saturated rings. The van der Waals surface area contributed by atoms with Crippen LogP contribution in [-0.2, 0) is 37.7 Å². The third kappa shape index (κ3) is 6.36. The number of H-pyrrole nitrogens is 1. The zero-order chi connectivity index (χ0) is 29.5.